The van der Waals surface area contributed by atoms with Crippen LogP contribution in [0.2, 0.25) is 0 Å². The van der Waals surface area contributed by atoms with E-state index in [4.69, 9.17) is 0 Å². The van der Waals surface area contributed by atoms with Crippen molar-refractivity contribution in [2.45, 2.75) is 0 Å². The van der Waals surface area contributed by atoms with E-state index in [2.05, 4.69) is 17.6 Å². The summed E-state index contributed by atoms with van der Waals surface area (Å²) in [5.74, 6) is 0. The van der Waals surface area contributed by atoms with Gasteiger partial charge in [-0.05, 0) is 24.3 Å². The van der Waals surface area contributed by atoms with Gasteiger partial charge in [0, 0.05) is 24.8 Å². The molecule has 0 N–H and O–H groups in total. The van der Waals surface area contributed by atoms with Crippen LogP contribution in [-0.2, 0) is 0 Å². The van der Waals surface area contributed by atoms with Crippen LogP contribution in [0.1, 0.15) is 1.43 Å². The monoisotopic (exact) mass is 214 g/mol. The van der Waals surface area contributed by atoms with Gasteiger partial charge in [-0.2, -0.15) is 0 Å². The molecule has 0 aliphatic heterocycles. The van der Waals surface area contributed by atoms with Gasteiger partial charge >= 0.3 is 18.9 Å². The smallest absolute Gasteiger partial charge is 1.00 e. The molecule has 15 heavy (non-hydrogen) atoms. The zero-order valence-electron chi connectivity index (χ0n) is 9.45. The fourth-order valence-electron chi connectivity index (χ4n) is 0.775. The summed E-state index contributed by atoms with van der Waals surface area (Å²) >= 11 is 3.58. The van der Waals surface area contributed by atoms with Crippen molar-refractivity contribution in [2.24, 2.45) is 0 Å². The number of carbonyl (C=O) groups excluding carboxylic acids is 1. The average Bonchev–Trinajstić information content (AvgIpc) is 2.74. The molecule has 74 valence electrons. The first-order chi connectivity index (χ1) is 6.80. The molecule has 0 spiro atoms. The maximum Gasteiger partial charge on any atom is 1.00 e. The Kier molecular flexibility index (Phi) is 7.83. The molecule has 5 heteroatoms. The van der Waals surface area contributed by atoms with Gasteiger partial charge in [0.05, 0.1) is 0 Å². The van der Waals surface area contributed by atoms with E-state index in [1.807, 2.05) is 18.2 Å². The Hall–Kier alpha value is -0.953. The predicted molar refractivity (Wildman–Crippen MR) is 59.6 cm³/mol. The molecule has 2 aromatic rings. The van der Waals surface area contributed by atoms with Crippen LogP contribution < -0.4 is 18.9 Å². The molecule has 2 aromatic heterocycles. The van der Waals surface area contributed by atoms with E-state index in [1.54, 1.807) is 36.9 Å². The maximum atomic E-state index is 10.3. The molecule has 0 atom stereocenters. The van der Waals surface area contributed by atoms with E-state index in [0.717, 1.165) is 0 Å². The van der Waals surface area contributed by atoms with Crippen LogP contribution in [0.15, 0.2) is 55.1 Å². The van der Waals surface area contributed by atoms with Crippen LogP contribution >= 0.6 is 12.6 Å². The first-order valence-corrected chi connectivity index (χ1v) is 4.46. The van der Waals surface area contributed by atoms with Gasteiger partial charge in [-0.25, -0.2) is 0 Å². The van der Waals surface area contributed by atoms with Crippen LogP contribution in [-0.4, -0.2) is 14.8 Å². The van der Waals surface area contributed by atoms with E-state index in [1.165, 1.54) is 4.57 Å². The number of carbonyl (C=O) groups is 1. The molecule has 0 bridgehead atoms. The second kappa shape index (κ2) is 8.36. The second-order valence-electron chi connectivity index (χ2n) is 2.40. The van der Waals surface area contributed by atoms with Crippen LogP contribution in [0.3, 0.4) is 0 Å². The van der Waals surface area contributed by atoms with Gasteiger partial charge in [-0.1, -0.05) is 18.7 Å². The van der Waals surface area contributed by atoms with Gasteiger partial charge in [0.1, 0.15) is 0 Å². The molecule has 0 amide bonds. The molecule has 0 saturated carbocycles. The summed E-state index contributed by atoms with van der Waals surface area (Å²) in [4.78, 5) is 14.1. The van der Waals surface area contributed by atoms with Crippen molar-refractivity contribution >= 4 is 17.9 Å². The summed E-state index contributed by atoms with van der Waals surface area (Å²) in [6, 6.07) is 9.26. The Labute approximate surface area is 108 Å². The first-order valence-electron chi connectivity index (χ1n) is 4.02. The molecule has 0 aliphatic carbocycles. The van der Waals surface area contributed by atoms with Crippen LogP contribution in [0, 0.1) is 0 Å². The van der Waals surface area contributed by atoms with Gasteiger partial charge in [-0.3, -0.25) is 14.3 Å². The number of rotatable bonds is 0. The zero-order chi connectivity index (χ0) is 10.2. The van der Waals surface area contributed by atoms with Gasteiger partial charge < -0.3 is 1.43 Å². The van der Waals surface area contributed by atoms with Crippen LogP contribution in [0.5, 0.6) is 0 Å². The minimum absolute atomic E-state index is 0. The Morgan fingerprint density at radius 2 is 1.60 bits per heavy atom. The van der Waals surface area contributed by atoms with E-state index >= 15 is 0 Å². The standard InChI is InChI=1S/C5H5NOS.C5H5N.Li.H/c7-5(8)6-3-1-2-4-6;1-2-4-6-5-3-1;;/h1-4H,(H,7,8);1-5H;;/q;;+1;-1. The third-order valence-corrected chi connectivity index (χ3v) is 1.62. The van der Waals surface area contributed by atoms with Crippen LogP contribution in [0.4, 0.5) is 4.79 Å². The minimum atomic E-state index is -0.255. The van der Waals surface area contributed by atoms with Crippen LogP contribution in [0.25, 0.3) is 0 Å². The topological polar surface area (TPSA) is 34.9 Å². The molecule has 0 aromatic carbocycles. The van der Waals surface area contributed by atoms with Gasteiger partial charge in [0.2, 0.25) is 0 Å². The third-order valence-electron chi connectivity index (χ3n) is 1.39. The van der Waals surface area contributed by atoms with Crippen molar-refractivity contribution in [3.8, 4) is 0 Å². The number of pyridine rings is 1. The van der Waals surface area contributed by atoms with Crippen molar-refractivity contribution in [1.29, 1.82) is 0 Å². The molecular weight excluding hydrogens is 203 g/mol. The molecule has 2 rings (SSSR count). The van der Waals surface area contributed by atoms with E-state index < -0.39 is 0 Å². The van der Waals surface area contributed by atoms with Gasteiger partial charge in [0.15, 0.2) is 0 Å². The van der Waals surface area contributed by atoms with E-state index in [0.29, 0.717) is 0 Å². The molecule has 3 nitrogen and oxygen atoms in total. The van der Waals surface area contributed by atoms with Crippen molar-refractivity contribution in [3.63, 3.8) is 0 Å². The number of nitrogens with zero attached hydrogens (tertiary/aromatic N) is 2. The third kappa shape index (κ3) is 6.18. The zero-order valence-corrected chi connectivity index (χ0v) is 9.34. The molecule has 0 unspecified atom stereocenters. The normalized spacial score (nSPS) is 8.07. The summed E-state index contributed by atoms with van der Waals surface area (Å²) in [5, 5.41) is -0.255. The Morgan fingerprint density at radius 3 is 1.80 bits per heavy atom. The van der Waals surface area contributed by atoms with E-state index in [9.17, 15) is 4.79 Å². The van der Waals surface area contributed by atoms with Crippen molar-refractivity contribution < 1.29 is 25.1 Å². The van der Waals surface area contributed by atoms with E-state index in [-0.39, 0.29) is 25.5 Å². The number of thiol groups is 1. The Morgan fingerprint density at radius 1 is 1.07 bits per heavy atom. The van der Waals surface area contributed by atoms with Gasteiger partial charge in [-0.15, -0.1) is 0 Å². The van der Waals surface area contributed by atoms with Crippen molar-refractivity contribution in [2.75, 3.05) is 0 Å². The number of hydrogen-bond acceptors (Lipinski definition) is 2. The molecule has 0 radical (unpaired) electrons. The second-order valence-corrected chi connectivity index (χ2v) is 2.78. The van der Waals surface area contributed by atoms with Gasteiger partial charge in [0.25, 0.3) is 5.24 Å². The van der Waals surface area contributed by atoms with Crippen molar-refractivity contribution in [3.05, 3.63) is 55.1 Å². The molecule has 2 heterocycles. The number of hydrogen-bond donors (Lipinski definition) is 1. The minimum Gasteiger partial charge on any atom is -1.00 e. The number of aromatic nitrogens is 2. The SMILES string of the molecule is O=C(S)n1cccc1.[H-].[Li+].c1ccncc1. The average molecular weight is 214 g/mol. The summed E-state index contributed by atoms with van der Waals surface area (Å²) in [6.45, 7) is 0. The molecule has 0 aliphatic rings. The molecular formula is C10H11LiN2OS. The largest absolute Gasteiger partial charge is 1.00 e. The van der Waals surface area contributed by atoms with Crippen molar-refractivity contribution in [1.82, 2.24) is 9.55 Å². The fraction of sp³-hybridized carbons (Fsp3) is 0. The summed E-state index contributed by atoms with van der Waals surface area (Å²) in [5.41, 5.74) is 0. The summed E-state index contributed by atoms with van der Waals surface area (Å²) in [7, 11) is 0. The first kappa shape index (κ1) is 14.0. The Balaban J connectivity index is 0. The molecule has 0 saturated heterocycles. The fourth-order valence-corrected chi connectivity index (χ4v) is 0.908. The summed E-state index contributed by atoms with van der Waals surface area (Å²) < 4.78 is 1.39. The predicted octanol–water partition coefficient (Wildman–Crippen LogP) is -0.416. The maximum absolute atomic E-state index is 10.3. The Bertz CT molecular complexity index is 343. The molecule has 0 fully saturated rings. The quantitative estimate of drug-likeness (QED) is 0.477. The summed E-state index contributed by atoms with van der Waals surface area (Å²) in [6.07, 6.45) is 6.80.